The first-order chi connectivity index (χ1) is 12.3. The number of carbonyl (C=O) groups is 2. The van der Waals surface area contributed by atoms with Crippen molar-refractivity contribution in [3.63, 3.8) is 0 Å². The SMILES string of the molecule is CC1(C)[C@@H](OCc2ccccc2)[C@H]2CC[C@](CCC(=O)O)(C2)[C@H]1C(=O)O. The molecule has 2 N–H and O–H groups in total. The van der Waals surface area contributed by atoms with E-state index in [2.05, 4.69) is 0 Å². The third-order valence-electron chi connectivity index (χ3n) is 6.56. The smallest absolute Gasteiger partial charge is 0.307 e. The van der Waals surface area contributed by atoms with E-state index in [1.165, 1.54) is 0 Å². The van der Waals surface area contributed by atoms with Crippen LogP contribution >= 0.6 is 0 Å². The van der Waals surface area contributed by atoms with Crippen molar-refractivity contribution >= 4 is 11.9 Å². The highest BCUT2D eigenvalue weighted by Gasteiger charge is 2.63. The molecule has 2 aliphatic carbocycles. The Kier molecular flexibility index (Phi) is 5.11. The Morgan fingerprint density at radius 3 is 2.50 bits per heavy atom. The number of hydrogen-bond acceptors (Lipinski definition) is 3. The summed E-state index contributed by atoms with van der Waals surface area (Å²) in [7, 11) is 0. The molecule has 0 unspecified atom stereocenters. The van der Waals surface area contributed by atoms with E-state index in [4.69, 9.17) is 9.84 Å². The lowest BCUT2D eigenvalue weighted by molar-refractivity contribution is -0.180. The van der Waals surface area contributed by atoms with E-state index >= 15 is 0 Å². The number of fused-ring (bicyclic) bond motifs is 2. The summed E-state index contributed by atoms with van der Waals surface area (Å²) < 4.78 is 6.29. The van der Waals surface area contributed by atoms with Gasteiger partial charge in [0.05, 0.1) is 18.6 Å². The highest BCUT2D eigenvalue weighted by molar-refractivity contribution is 5.73. The van der Waals surface area contributed by atoms with Crippen molar-refractivity contribution in [1.29, 1.82) is 0 Å². The van der Waals surface area contributed by atoms with Crippen molar-refractivity contribution in [2.24, 2.45) is 22.7 Å². The van der Waals surface area contributed by atoms with Crippen molar-refractivity contribution in [2.45, 2.75) is 58.7 Å². The van der Waals surface area contributed by atoms with Gasteiger partial charge in [-0.2, -0.15) is 0 Å². The topological polar surface area (TPSA) is 83.8 Å². The number of benzene rings is 1. The molecular formula is C21H28O5. The summed E-state index contributed by atoms with van der Waals surface area (Å²) in [4.78, 5) is 23.3. The number of rotatable bonds is 7. The molecule has 0 aliphatic heterocycles. The number of ether oxygens (including phenoxy) is 1. The summed E-state index contributed by atoms with van der Waals surface area (Å²) in [6, 6.07) is 9.92. The molecule has 4 atom stereocenters. The Labute approximate surface area is 154 Å². The molecule has 26 heavy (non-hydrogen) atoms. The molecule has 0 spiro atoms. The predicted molar refractivity (Wildman–Crippen MR) is 96.6 cm³/mol. The average molecular weight is 360 g/mol. The van der Waals surface area contributed by atoms with Crippen LogP contribution in [-0.2, 0) is 20.9 Å². The number of aliphatic carboxylic acids is 2. The van der Waals surface area contributed by atoms with Crippen LogP contribution in [0.5, 0.6) is 0 Å². The Bertz CT molecular complexity index is 668. The molecule has 2 fully saturated rings. The van der Waals surface area contributed by atoms with Gasteiger partial charge >= 0.3 is 11.9 Å². The van der Waals surface area contributed by atoms with E-state index in [0.29, 0.717) is 13.0 Å². The van der Waals surface area contributed by atoms with Crippen LogP contribution < -0.4 is 0 Å². The largest absolute Gasteiger partial charge is 0.481 e. The number of carboxylic acids is 2. The number of hydrogen-bond donors (Lipinski definition) is 2. The second-order valence-corrected chi connectivity index (χ2v) is 8.57. The van der Waals surface area contributed by atoms with Crippen LogP contribution in [0.15, 0.2) is 30.3 Å². The Morgan fingerprint density at radius 1 is 1.19 bits per heavy atom. The van der Waals surface area contributed by atoms with E-state index in [-0.39, 0.29) is 18.4 Å². The van der Waals surface area contributed by atoms with Gasteiger partial charge < -0.3 is 14.9 Å². The van der Waals surface area contributed by atoms with Crippen molar-refractivity contribution < 1.29 is 24.5 Å². The molecule has 0 saturated heterocycles. The van der Waals surface area contributed by atoms with Crippen molar-refractivity contribution in [2.75, 3.05) is 0 Å². The fourth-order valence-electron chi connectivity index (χ4n) is 5.70. The van der Waals surface area contributed by atoms with Crippen molar-refractivity contribution in [1.82, 2.24) is 0 Å². The molecule has 3 rings (SSSR count). The molecule has 2 bridgehead atoms. The van der Waals surface area contributed by atoms with Gasteiger partial charge in [0, 0.05) is 11.8 Å². The Morgan fingerprint density at radius 2 is 1.88 bits per heavy atom. The first kappa shape index (κ1) is 18.9. The predicted octanol–water partition coefficient (Wildman–Crippen LogP) is 3.96. The molecule has 5 heteroatoms. The molecule has 2 aliphatic rings. The first-order valence-corrected chi connectivity index (χ1v) is 9.36. The average Bonchev–Trinajstić information content (AvgIpc) is 2.94. The standard InChI is InChI=1S/C21H28O5/c1-20(2)17(19(24)25)21(11-9-16(22)23)10-8-15(12-21)18(20)26-13-14-6-4-3-5-7-14/h3-7,15,17-18H,8-13H2,1-2H3,(H,22,23)(H,24,25)/t15-,17-,18-,21-/m0/s1. The van der Waals surface area contributed by atoms with Gasteiger partial charge in [-0.15, -0.1) is 0 Å². The molecule has 0 aromatic heterocycles. The van der Waals surface area contributed by atoms with Gasteiger partial charge in [-0.3, -0.25) is 9.59 Å². The van der Waals surface area contributed by atoms with E-state index in [9.17, 15) is 14.7 Å². The van der Waals surface area contributed by atoms with E-state index in [0.717, 1.165) is 24.8 Å². The minimum absolute atomic E-state index is 0.0299. The first-order valence-electron chi connectivity index (χ1n) is 9.36. The maximum absolute atomic E-state index is 12.2. The van der Waals surface area contributed by atoms with Crippen LogP contribution in [-0.4, -0.2) is 28.3 Å². The van der Waals surface area contributed by atoms with Crippen molar-refractivity contribution in [3.8, 4) is 0 Å². The number of carboxylic acid groups (broad SMARTS) is 2. The Hall–Kier alpha value is -1.88. The maximum Gasteiger partial charge on any atom is 0.307 e. The van der Waals surface area contributed by atoms with Crippen LogP contribution in [0.3, 0.4) is 0 Å². The summed E-state index contributed by atoms with van der Waals surface area (Å²) in [6.07, 6.45) is 2.76. The molecular weight excluding hydrogens is 332 g/mol. The van der Waals surface area contributed by atoms with Crippen LogP contribution in [0, 0.1) is 22.7 Å². The fraction of sp³-hybridized carbons (Fsp3) is 0.619. The van der Waals surface area contributed by atoms with Crippen LogP contribution in [0.2, 0.25) is 0 Å². The highest BCUT2D eigenvalue weighted by Crippen LogP contribution is 2.63. The molecule has 2 saturated carbocycles. The molecule has 0 radical (unpaired) electrons. The minimum Gasteiger partial charge on any atom is -0.481 e. The van der Waals surface area contributed by atoms with Gasteiger partial charge in [-0.05, 0) is 42.6 Å². The molecule has 5 nitrogen and oxygen atoms in total. The quantitative estimate of drug-likeness (QED) is 0.769. The third-order valence-corrected chi connectivity index (χ3v) is 6.56. The lowest BCUT2D eigenvalue weighted by Crippen LogP contribution is -2.55. The molecule has 142 valence electrons. The normalized spacial score (nSPS) is 32.3. The molecule has 0 heterocycles. The van der Waals surface area contributed by atoms with Crippen LogP contribution in [0.1, 0.15) is 51.5 Å². The van der Waals surface area contributed by atoms with Gasteiger partial charge in [-0.25, -0.2) is 0 Å². The summed E-state index contributed by atoms with van der Waals surface area (Å²) in [5, 5.41) is 19.1. The zero-order valence-electron chi connectivity index (χ0n) is 15.5. The Balaban J connectivity index is 1.83. The summed E-state index contributed by atoms with van der Waals surface area (Å²) in [5.74, 6) is -1.98. The third kappa shape index (κ3) is 3.37. The van der Waals surface area contributed by atoms with Gasteiger partial charge in [0.1, 0.15) is 0 Å². The van der Waals surface area contributed by atoms with Gasteiger partial charge in [0.25, 0.3) is 0 Å². The van der Waals surface area contributed by atoms with Gasteiger partial charge in [0.15, 0.2) is 0 Å². The lowest BCUT2D eigenvalue weighted by atomic mass is 9.54. The lowest BCUT2D eigenvalue weighted by Gasteiger charge is -2.52. The monoisotopic (exact) mass is 360 g/mol. The molecule has 1 aromatic carbocycles. The zero-order valence-corrected chi connectivity index (χ0v) is 15.5. The van der Waals surface area contributed by atoms with Gasteiger partial charge in [-0.1, -0.05) is 44.2 Å². The van der Waals surface area contributed by atoms with Crippen LogP contribution in [0.4, 0.5) is 0 Å². The zero-order chi connectivity index (χ0) is 18.9. The maximum atomic E-state index is 12.2. The van der Waals surface area contributed by atoms with E-state index in [1.807, 2.05) is 44.2 Å². The van der Waals surface area contributed by atoms with Crippen molar-refractivity contribution in [3.05, 3.63) is 35.9 Å². The fourth-order valence-corrected chi connectivity index (χ4v) is 5.70. The molecule has 0 amide bonds. The van der Waals surface area contributed by atoms with Crippen LogP contribution in [0.25, 0.3) is 0 Å². The van der Waals surface area contributed by atoms with E-state index < -0.39 is 28.7 Å². The summed E-state index contributed by atoms with van der Waals surface area (Å²) >= 11 is 0. The van der Waals surface area contributed by atoms with Gasteiger partial charge in [0.2, 0.25) is 0 Å². The van der Waals surface area contributed by atoms with E-state index in [1.54, 1.807) is 0 Å². The highest BCUT2D eigenvalue weighted by atomic mass is 16.5. The second kappa shape index (κ2) is 7.03. The minimum atomic E-state index is -0.854. The second-order valence-electron chi connectivity index (χ2n) is 8.57. The molecule has 1 aromatic rings. The summed E-state index contributed by atoms with van der Waals surface area (Å²) in [5.41, 5.74) is 0.111. The summed E-state index contributed by atoms with van der Waals surface area (Å²) in [6.45, 7) is 4.43.